The predicted octanol–water partition coefficient (Wildman–Crippen LogP) is 2.80. The maximum absolute atomic E-state index is 5.68. The molecular weight excluding hydrogens is 224 g/mol. The van der Waals surface area contributed by atoms with Gasteiger partial charge in [0.15, 0.2) is 0 Å². The second-order valence-electron chi connectivity index (χ2n) is 5.88. The second kappa shape index (κ2) is 6.39. The van der Waals surface area contributed by atoms with Gasteiger partial charge in [0.1, 0.15) is 11.5 Å². The largest absolute Gasteiger partial charge is 0.465 e. The topological polar surface area (TPSA) is 28.4 Å². The lowest BCUT2D eigenvalue weighted by molar-refractivity contribution is 0.228. The Kier molecular flexibility index (Phi) is 4.84. The molecule has 1 atom stereocenters. The SMILES string of the molecule is Cc1ccc(CN2CCCNC(CC(C)C)C2)o1. The molecule has 1 aromatic heterocycles. The molecule has 1 N–H and O–H groups in total. The normalized spacial score (nSPS) is 22.3. The Bertz CT molecular complexity index is 359. The van der Waals surface area contributed by atoms with E-state index in [9.17, 15) is 0 Å². The van der Waals surface area contributed by atoms with E-state index >= 15 is 0 Å². The van der Waals surface area contributed by atoms with Gasteiger partial charge in [-0.15, -0.1) is 0 Å². The van der Waals surface area contributed by atoms with Gasteiger partial charge in [0.2, 0.25) is 0 Å². The number of hydrogen-bond acceptors (Lipinski definition) is 3. The molecule has 0 saturated carbocycles. The van der Waals surface area contributed by atoms with Crippen LogP contribution in [0.4, 0.5) is 0 Å². The highest BCUT2D eigenvalue weighted by Gasteiger charge is 2.19. The smallest absolute Gasteiger partial charge is 0.118 e. The summed E-state index contributed by atoms with van der Waals surface area (Å²) in [6, 6.07) is 4.78. The highest BCUT2D eigenvalue weighted by atomic mass is 16.3. The van der Waals surface area contributed by atoms with E-state index < -0.39 is 0 Å². The highest BCUT2D eigenvalue weighted by Crippen LogP contribution is 2.14. The van der Waals surface area contributed by atoms with Crippen LogP contribution in [0.15, 0.2) is 16.5 Å². The number of furan rings is 1. The summed E-state index contributed by atoms with van der Waals surface area (Å²) in [6.45, 7) is 11.0. The van der Waals surface area contributed by atoms with Crippen LogP contribution in [-0.4, -0.2) is 30.6 Å². The molecule has 1 unspecified atom stereocenters. The van der Waals surface area contributed by atoms with Crippen LogP contribution in [0.3, 0.4) is 0 Å². The molecule has 0 aromatic carbocycles. The maximum atomic E-state index is 5.68. The van der Waals surface area contributed by atoms with Crippen LogP contribution >= 0.6 is 0 Å². The highest BCUT2D eigenvalue weighted by molar-refractivity contribution is 5.05. The first kappa shape index (κ1) is 13.6. The molecule has 18 heavy (non-hydrogen) atoms. The molecule has 102 valence electrons. The Morgan fingerprint density at radius 3 is 2.94 bits per heavy atom. The van der Waals surface area contributed by atoms with Gasteiger partial charge >= 0.3 is 0 Å². The van der Waals surface area contributed by atoms with Crippen LogP contribution in [0.2, 0.25) is 0 Å². The first-order chi connectivity index (χ1) is 8.63. The molecule has 0 aliphatic carbocycles. The van der Waals surface area contributed by atoms with E-state index in [4.69, 9.17) is 4.42 Å². The summed E-state index contributed by atoms with van der Waals surface area (Å²) in [7, 11) is 0. The monoisotopic (exact) mass is 250 g/mol. The Morgan fingerprint density at radius 1 is 1.44 bits per heavy atom. The minimum Gasteiger partial charge on any atom is -0.465 e. The second-order valence-corrected chi connectivity index (χ2v) is 5.88. The molecule has 3 heteroatoms. The van der Waals surface area contributed by atoms with Crippen molar-refractivity contribution in [2.24, 2.45) is 5.92 Å². The first-order valence-electron chi connectivity index (χ1n) is 7.14. The molecule has 0 radical (unpaired) electrons. The fourth-order valence-corrected chi connectivity index (χ4v) is 2.74. The van der Waals surface area contributed by atoms with Gasteiger partial charge in [0.25, 0.3) is 0 Å². The Hall–Kier alpha value is -0.800. The summed E-state index contributed by atoms with van der Waals surface area (Å²) in [5.41, 5.74) is 0. The van der Waals surface area contributed by atoms with E-state index in [1.807, 2.05) is 6.92 Å². The van der Waals surface area contributed by atoms with Gasteiger partial charge in [-0.3, -0.25) is 4.90 Å². The fourth-order valence-electron chi connectivity index (χ4n) is 2.74. The molecule has 0 spiro atoms. The Labute approximate surface area is 111 Å². The number of nitrogens with zero attached hydrogens (tertiary/aromatic N) is 1. The van der Waals surface area contributed by atoms with E-state index in [-0.39, 0.29) is 0 Å². The van der Waals surface area contributed by atoms with E-state index in [0.717, 1.165) is 37.1 Å². The lowest BCUT2D eigenvalue weighted by atomic mass is 10.0. The quantitative estimate of drug-likeness (QED) is 0.890. The lowest BCUT2D eigenvalue weighted by Crippen LogP contribution is -2.38. The van der Waals surface area contributed by atoms with E-state index in [0.29, 0.717) is 6.04 Å². The van der Waals surface area contributed by atoms with Crippen molar-refractivity contribution in [2.45, 2.75) is 46.2 Å². The molecule has 2 heterocycles. The molecule has 1 fully saturated rings. The van der Waals surface area contributed by atoms with Crippen LogP contribution in [0.1, 0.15) is 38.2 Å². The minimum absolute atomic E-state index is 0.628. The van der Waals surface area contributed by atoms with Crippen molar-refractivity contribution in [2.75, 3.05) is 19.6 Å². The summed E-state index contributed by atoms with van der Waals surface area (Å²) in [6.07, 6.45) is 2.49. The lowest BCUT2D eigenvalue weighted by Gasteiger charge is -2.24. The Morgan fingerprint density at radius 2 is 2.28 bits per heavy atom. The zero-order chi connectivity index (χ0) is 13.0. The van der Waals surface area contributed by atoms with Crippen LogP contribution in [0.25, 0.3) is 0 Å². The summed E-state index contributed by atoms with van der Waals surface area (Å²) in [5.74, 6) is 2.86. The molecule has 0 bridgehead atoms. The summed E-state index contributed by atoms with van der Waals surface area (Å²) < 4.78 is 5.68. The van der Waals surface area contributed by atoms with Crippen LogP contribution in [0, 0.1) is 12.8 Å². The molecule has 0 amide bonds. The zero-order valence-electron chi connectivity index (χ0n) is 11.9. The number of aryl methyl sites for hydroxylation is 1. The van der Waals surface area contributed by atoms with Crippen LogP contribution in [0.5, 0.6) is 0 Å². The molecule has 2 rings (SSSR count). The molecule has 1 aromatic rings. The van der Waals surface area contributed by atoms with Gasteiger partial charge in [-0.2, -0.15) is 0 Å². The maximum Gasteiger partial charge on any atom is 0.118 e. The van der Waals surface area contributed by atoms with E-state index in [2.05, 4.69) is 36.2 Å². The molecular formula is C15H26N2O. The van der Waals surface area contributed by atoms with Gasteiger partial charge in [-0.25, -0.2) is 0 Å². The van der Waals surface area contributed by atoms with Crippen molar-refractivity contribution in [3.05, 3.63) is 23.7 Å². The van der Waals surface area contributed by atoms with Crippen molar-refractivity contribution in [3.63, 3.8) is 0 Å². The average Bonchev–Trinajstić information content (AvgIpc) is 2.56. The van der Waals surface area contributed by atoms with Crippen LogP contribution in [-0.2, 0) is 6.54 Å². The average molecular weight is 250 g/mol. The van der Waals surface area contributed by atoms with Gasteiger partial charge in [0, 0.05) is 12.6 Å². The third kappa shape index (κ3) is 4.14. The van der Waals surface area contributed by atoms with Gasteiger partial charge in [0.05, 0.1) is 6.54 Å². The zero-order valence-corrected chi connectivity index (χ0v) is 11.9. The number of nitrogens with one attached hydrogen (secondary N) is 1. The fraction of sp³-hybridized carbons (Fsp3) is 0.733. The summed E-state index contributed by atoms with van der Waals surface area (Å²) in [5, 5.41) is 3.66. The van der Waals surface area contributed by atoms with Gasteiger partial charge in [-0.1, -0.05) is 13.8 Å². The standard InChI is InChI=1S/C15H26N2O/c1-12(2)9-14-10-17(8-4-7-16-14)11-15-6-5-13(3)18-15/h5-6,12,14,16H,4,7-11H2,1-3H3. The Balaban J connectivity index is 1.90. The van der Waals surface area contributed by atoms with Crippen molar-refractivity contribution < 1.29 is 4.42 Å². The third-order valence-corrected chi connectivity index (χ3v) is 3.49. The first-order valence-corrected chi connectivity index (χ1v) is 7.14. The van der Waals surface area contributed by atoms with Crippen molar-refractivity contribution >= 4 is 0 Å². The van der Waals surface area contributed by atoms with Crippen LogP contribution < -0.4 is 5.32 Å². The summed E-state index contributed by atoms with van der Waals surface area (Å²) in [4.78, 5) is 2.52. The molecule has 1 saturated heterocycles. The number of hydrogen-bond donors (Lipinski definition) is 1. The molecule has 1 aliphatic rings. The third-order valence-electron chi connectivity index (χ3n) is 3.49. The van der Waals surface area contributed by atoms with Crippen molar-refractivity contribution in [1.82, 2.24) is 10.2 Å². The van der Waals surface area contributed by atoms with E-state index in [1.165, 1.54) is 19.4 Å². The van der Waals surface area contributed by atoms with Crippen molar-refractivity contribution in [1.29, 1.82) is 0 Å². The van der Waals surface area contributed by atoms with E-state index in [1.54, 1.807) is 0 Å². The van der Waals surface area contributed by atoms with Gasteiger partial charge < -0.3 is 9.73 Å². The summed E-state index contributed by atoms with van der Waals surface area (Å²) >= 11 is 0. The van der Waals surface area contributed by atoms with Crippen molar-refractivity contribution in [3.8, 4) is 0 Å². The minimum atomic E-state index is 0.628. The van der Waals surface area contributed by atoms with Gasteiger partial charge in [-0.05, 0) is 50.9 Å². The molecule has 1 aliphatic heterocycles. The number of rotatable bonds is 4. The molecule has 3 nitrogen and oxygen atoms in total. The predicted molar refractivity (Wildman–Crippen MR) is 74.6 cm³/mol.